The molecule has 0 unspecified atom stereocenters. The van der Waals surface area contributed by atoms with Gasteiger partial charge < -0.3 is 15.1 Å². The van der Waals surface area contributed by atoms with Gasteiger partial charge in [-0.1, -0.05) is 12.1 Å². The third kappa shape index (κ3) is 4.63. The lowest BCUT2D eigenvalue weighted by atomic mass is 10.0. The van der Waals surface area contributed by atoms with E-state index in [0.29, 0.717) is 6.54 Å². The smallest absolute Gasteiger partial charge is 0.251 e. The van der Waals surface area contributed by atoms with Gasteiger partial charge >= 0.3 is 0 Å². The Morgan fingerprint density at radius 2 is 1.74 bits per heavy atom. The second-order valence-electron chi connectivity index (χ2n) is 7.24. The minimum absolute atomic E-state index is 0.132. The molecule has 2 aromatic carbocycles. The van der Waals surface area contributed by atoms with Crippen LogP contribution in [0.2, 0.25) is 0 Å². The fourth-order valence-corrected chi connectivity index (χ4v) is 3.61. The molecule has 0 saturated carbocycles. The van der Waals surface area contributed by atoms with Crippen molar-refractivity contribution in [2.75, 3.05) is 38.6 Å². The number of benzene rings is 2. The number of rotatable bonds is 6. The number of amides is 1. The van der Waals surface area contributed by atoms with Gasteiger partial charge in [0.1, 0.15) is 6.04 Å². The number of carbonyl (C=O) groups is 1. The average Bonchev–Trinajstić information content (AvgIpc) is 3.19. The number of quaternary nitrogens is 1. The molecule has 2 N–H and O–H groups in total. The highest BCUT2D eigenvalue weighted by Gasteiger charge is 2.28. The van der Waals surface area contributed by atoms with E-state index in [1.165, 1.54) is 29.4 Å². The van der Waals surface area contributed by atoms with E-state index in [0.717, 1.165) is 30.9 Å². The normalized spacial score (nSPS) is 15.6. The topological polar surface area (TPSA) is 36.8 Å². The molecule has 27 heavy (non-hydrogen) atoms. The highest BCUT2D eigenvalue weighted by Crippen LogP contribution is 2.17. The van der Waals surface area contributed by atoms with E-state index in [4.69, 9.17) is 0 Å². The first-order valence-corrected chi connectivity index (χ1v) is 9.31. The van der Waals surface area contributed by atoms with Crippen molar-refractivity contribution in [1.29, 1.82) is 0 Å². The maximum atomic E-state index is 13.4. The third-order valence-electron chi connectivity index (χ3n) is 5.20. The van der Waals surface area contributed by atoms with Crippen molar-refractivity contribution < 1.29 is 18.5 Å². The van der Waals surface area contributed by atoms with Crippen molar-refractivity contribution in [3.05, 3.63) is 65.2 Å². The summed E-state index contributed by atoms with van der Waals surface area (Å²) in [6.45, 7) is 2.59. The predicted molar refractivity (Wildman–Crippen MR) is 102 cm³/mol. The molecule has 4 nitrogen and oxygen atoms in total. The van der Waals surface area contributed by atoms with Crippen LogP contribution in [0, 0.1) is 11.6 Å². The molecule has 0 bridgehead atoms. The molecule has 6 heteroatoms. The van der Waals surface area contributed by atoms with E-state index in [-0.39, 0.29) is 17.5 Å². The third-order valence-corrected chi connectivity index (χ3v) is 5.20. The second kappa shape index (κ2) is 8.48. The monoisotopic (exact) mass is 374 g/mol. The fraction of sp³-hybridized carbons (Fsp3) is 0.381. The van der Waals surface area contributed by atoms with E-state index >= 15 is 0 Å². The summed E-state index contributed by atoms with van der Waals surface area (Å²) < 4.78 is 26.5. The first-order chi connectivity index (χ1) is 13.0. The molecule has 1 heterocycles. The molecule has 1 fully saturated rings. The lowest BCUT2D eigenvalue weighted by Gasteiger charge is -2.26. The Morgan fingerprint density at radius 3 is 2.33 bits per heavy atom. The standard InChI is InChI=1S/C21H25F2N3O/c1-25(2)17-8-5-15(6-9-17)20(26-11-3-4-12-26)14-24-21(27)16-7-10-18(22)19(23)13-16/h5-10,13,20H,3-4,11-12,14H2,1-2H3,(H,24,27)/p+1/t20-/m1/s1. The molecule has 1 aliphatic heterocycles. The Labute approximate surface area is 158 Å². The summed E-state index contributed by atoms with van der Waals surface area (Å²) in [5.74, 6) is -2.35. The van der Waals surface area contributed by atoms with Gasteiger partial charge in [-0.3, -0.25) is 4.79 Å². The number of nitrogens with one attached hydrogen (secondary N) is 2. The van der Waals surface area contributed by atoms with E-state index in [1.54, 1.807) is 0 Å². The highest BCUT2D eigenvalue weighted by molar-refractivity contribution is 5.94. The largest absolute Gasteiger partial charge is 0.378 e. The lowest BCUT2D eigenvalue weighted by Crippen LogP contribution is -3.11. The number of likely N-dealkylation sites (tertiary alicyclic amines) is 1. The number of carbonyl (C=O) groups excluding carboxylic acids is 1. The van der Waals surface area contributed by atoms with Crippen molar-refractivity contribution in [1.82, 2.24) is 5.32 Å². The molecule has 0 radical (unpaired) electrons. The van der Waals surface area contributed by atoms with E-state index in [2.05, 4.69) is 29.6 Å². The van der Waals surface area contributed by atoms with Gasteiger partial charge in [0.05, 0.1) is 19.6 Å². The molecule has 2 aromatic rings. The van der Waals surface area contributed by atoms with Crippen LogP contribution < -0.4 is 15.1 Å². The Kier molecular flexibility index (Phi) is 6.06. The number of halogens is 2. The molecule has 0 aromatic heterocycles. The van der Waals surface area contributed by atoms with Crippen molar-refractivity contribution in [3.8, 4) is 0 Å². The molecule has 0 aliphatic carbocycles. The van der Waals surface area contributed by atoms with Crippen molar-refractivity contribution >= 4 is 11.6 Å². The predicted octanol–water partition coefficient (Wildman–Crippen LogP) is 2.18. The SMILES string of the molecule is CN(C)c1ccc([C@@H](CNC(=O)c2ccc(F)c(F)c2)[NH+]2CCCC2)cc1. The van der Waals surface area contributed by atoms with Gasteiger partial charge in [-0.15, -0.1) is 0 Å². The molecular weight excluding hydrogens is 348 g/mol. The van der Waals surface area contributed by atoms with Crippen molar-refractivity contribution in [2.45, 2.75) is 18.9 Å². The summed E-state index contributed by atoms with van der Waals surface area (Å²) in [5.41, 5.74) is 2.43. The number of nitrogens with zero attached hydrogens (tertiary/aromatic N) is 1. The highest BCUT2D eigenvalue weighted by atomic mass is 19.2. The molecule has 1 aliphatic rings. The summed E-state index contributed by atoms with van der Waals surface area (Å²) in [7, 11) is 4.00. The van der Waals surface area contributed by atoms with Crippen LogP contribution in [-0.4, -0.2) is 39.6 Å². The molecule has 1 atom stereocenters. The van der Waals surface area contributed by atoms with Crippen LogP contribution in [-0.2, 0) is 0 Å². The van der Waals surface area contributed by atoms with Crippen molar-refractivity contribution in [3.63, 3.8) is 0 Å². The van der Waals surface area contributed by atoms with Gasteiger partial charge in [0, 0.05) is 43.8 Å². The lowest BCUT2D eigenvalue weighted by molar-refractivity contribution is -0.918. The zero-order valence-electron chi connectivity index (χ0n) is 15.8. The zero-order valence-corrected chi connectivity index (χ0v) is 15.8. The molecule has 3 rings (SSSR count). The minimum Gasteiger partial charge on any atom is -0.378 e. The summed E-state index contributed by atoms with van der Waals surface area (Å²) in [4.78, 5) is 15.9. The van der Waals surface area contributed by atoms with Gasteiger partial charge in [0.2, 0.25) is 0 Å². The van der Waals surface area contributed by atoms with Gasteiger partial charge in [-0.2, -0.15) is 0 Å². The Morgan fingerprint density at radius 1 is 1.07 bits per heavy atom. The van der Waals surface area contributed by atoms with Crippen LogP contribution in [0.25, 0.3) is 0 Å². The van der Waals surface area contributed by atoms with Gasteiger partial charge in [0.15, 0.2) is 11.6 Å². The van der Waals surface area contributed by atoms with Crippen LogP contribution in [0.3, 0.4) is 0 Å². The maximum absolute atomic E-state index is 13.4. The first kappa shape index (κ1) is 19.3. The minimum atomic E-state index is -1.01. The van der Waals surface area contributed by atoms with E-state index in [9.17, 15) is 13.6 Å². The maximum Gasteiger partial charge on any atom is 0.251 e. The number of anilines is 1. The summed E-state index contributed by atoms with van der Waals surface area (Å²) in [6, 6.07) is 11.7. The van der Waals surface area contributed by atoms with Crippen LogP contribution in [0.5, 0.6) is 0 Å². The molecule has 144 valence electrons. The van der Waals surface area contributed by atoms with Gasteiger partial charge in [0.25, 0.3) is 5.91 Å². The Balaban J connectivity index is 1.73. The average molecular weight is 374 g/mol. The molecule has 1 saturated heterocycles. The summed E-state index contributed by atoms with van der Waals surface area (Å²) in [6.07, 6.45) is 2.36. The first-order valence-electron chi connectivity index (χ1n) is 9.31. The van der Waals surface area contributed by atoms with Crippen LogP contribution >= 0.6 is 0 Å². The second-order valence-corrected chi connectivity index (χ2v) is 7.24. The summed E-state index contributed by atoms with van der Waals surface area (Å²) >= 11 is 0. The van der Waals surface area contributed by atoms with E-state index < -0.39 is 11.6 Å². The van der Waals surface area contributed by atoms with Crippen LogP contribution in [0.4, 0.5) is 14.5 Å². The number of hydrogen-bond donors (Lipinski definition) is 2. The Hall–Kier alpha value is -2.47. The van der Waals surface area contributed by atoms with Gasteiger partial charge in [-0.05, 0) is 30.3 Å². The van der Waals surface area contributed by atoms with Gasteiger partial charge in [-0.25, -0.2) is 8.78 Å². The van der Waals surface area contributed by atoms with Crippen LogP contribution in [0.15, 0.2) is 42.5 Å². The molecule has 1 amide bonds. The Bertz CT molecular complexity index is 787. The number of hydrogen-bond acceptors (Lipinski definition) is 2. The molecular formula is C21H26F2N3O+. The summed E-state index contributed by atoms with van der Waals surface area (Å²) in [5, 5.41) is 2.90. The van der Waals surface area contributed by atoms with Crippen molar-refractivity contribution in [2.24, 2.45) is 0 Å². The zero-order chi connectivity index (χ0) is 19.4. The molecule has 0 spiro atoms. The van der Waals surface area contributed by atoms with Crippen LogP contribution in [0.1, 0.15) is 34.8 Å². The van der Waals surface area contributed by atoms with E-state index in [1.807, 2.05) is 19.0 Å². The quantitative estimate of drug-likeness (QED) is 0.813. The fourth-order valence-electron chi connectivity index (χ4n) is 3.61.